The van der Waals surface area contributed by atoms with Crippen LogP contribution in [-0.2, 0) is 18.7 Å². The van der Waals surface area contributed by atoms with Crippen LogP contribution in [0, 0.1) is 6.92 Å². The third-order valence-corrected chi connectivity index (χ3v) is 7.64. The molecule has 0 aromatic heterocycles. The number of rotatable bonds is 14. The van der Waals surface area contributed by atoms with Crippen molar-refractivity contribution in [1.82, 2.24) is 0 Å². The summed E-state index contributed by atoms with van der Waals surface area (Å²) in [7, 11) is 0. The lowest BCUT2D eigenvalue weighted by atomic mass is 10.1. The van der Waals surface area contributed by atoms with Crippen LogP contribution in [0.5, 0.6) is 17.2 Å². The maximum Gasteiger partial charge on any atom is 0.159 e. The summed E-state index contributed by atoms with van der Waals surface area (Å²) in [5.74, 6) is 0.188. The molecule has 5 aromatic carbocycles. The smallest absolute Gasteiger partial charge is 0.159 e. The summed E-state index contributed by atoms with van der Waals surface area (Å²) in [5, 5.41) is 67.1. The highest BCUT2D eigenvalue weighted by atomic mass is 32.2. The molecule has 0 saturated heterocycles. The third-order valence-electron chi connectivity index (χ3n) is 6.42. The van der Waals surface area contributed by atoms with E-state index in [9.17, 15) is 10.2 Å². The molecule has 0 radical (unpaired) electrons. The summed E-state index contributed by atoms with van der Waals surface area (Å²) < 4.78 is 14.7. The fourth-order valence-corrected chi connectivity index (χ4v) is 4.99. The predicted molar refractivity (Wildman–Crippen MR) is 175 cm³/mol. The Kier molecular flexibility index (Phi) is 11.4. The molecule has 5 rings (SSSR count). The number of benzene rings is 5. The zero-order valence-electron chi connectivity index (χ0n) is 24.3. The molecule has 0 saturated carbocycles. The van der Waals surface area contributed by atoms with Crippen molar-refractivity contribution < 1.29 is 44.2 Å². The number of aromatic hydroxyl groups is 2. The van der Waals surface area contributed by atoms with Crippen LogP contribution in [0.15, 0.2) is 115 Å². The minimum atomic E-state index is -0.234. The van der Waals surface area contributed by atoms with Gasteiger partial charge in [-0.1, -0.05) is 10.1 Å². The molecular weight excluding hydrogens is 652 g/mol. The minimum Gasteiger partial charge on any atom is -0.506 e. The number of nitrogen functional groups attached to an aromatic ring is 1. The number of hydrogen-bond donors (Lipinski definition) is 6. The van der Waals surface area contributed by atoms with Gasteiger partial charge in [0.05, 0.1) is 40.4 Å². The molecule has 0 unspecified atom stereocenters. The molecule has 0 spiro atoms. The van der Waals surface area contributed by atoms with Crippen LogP contribution in [0.4, 0.5) is 34.1 Å². The van der Waals surface area contributed by atoms with E-state index in [-0.39, 0.29) is 34.5 Å². The molecule has 0 aliphatic rings. The maximum absolute atomic E-state index is 11.2. The van der Waals surface area contributed by atoms with Gasteiger partial charge in [-0.25, -0.2) is 10.5 Å². The Morgan fingerprint density at radius 3 is 2.23 bits per heavy atom. The average Bonchev–Trinajstić information content (AvgIpc) is 3.08. The van der Waals surface area contributed by atoms with Gasteiger partial charge in [0.15, 0.2) is 12.5 Å². The molecular formula is C30H26N6O9S2. The van der Waals surface area contributed by atoms with Crippen LogP contribution in [-0.4, -0.2) is 27.5 Å². The summed E-state index contributed by atoms with van der Waals surface area (Å²) in [6, 6.07) is 23.6. The van der Waals surface area contributed by atoms with Crippen molar-refractivity contribution in [2.24, 2.45) is 20.5 Å². The van der Waals surface area contributed by atoms with Gasteiger partial charge in [0.25, 0.3) is 0 Å². The van der Waals surface area contributed by atoms with E-state index in [0.29, 0.717) is 61.8 Å². The Balaban J connectivity index is 1.34. The number of nitrogens with two attached hydrogens (primary N) is 1. The van der Waals surface area contributed by atoms with Crippen LogP contribution in [0.3, 0.4) is 0 Å². The molecule has 5 aromatic rings. The average molecular weight is 679 g/mol. The summed E-state index contributed by atoms with van der Waals surface area (Å²) in [4.78, 5) is 0.916. The van der Waals surface area contributed by atoms with Crippen molar-refractivity contribution in [2.45, 2.75) is 16.7 Å². The molecule has 0 heterocycles. The summed E-state index contributed by atoms with van der Waals surface area (Å²) in [5.41, 5.74) is 8.70. The first-order valence-electron chi connectivity index (χ1n) is 13.4. The second-order valence-electron chi connectivity index (χ2n) is 9.52. The summed E-state index contributed by atoms with van der Waals surface area (Å²) in [6.07, 6.45) is 0. The minimum absolute atomic E-state index is 0.00493. The Hall–Kier alpha value is -4.98. The molecule has 0 aliphatic carbocycles. The van der Waals surface area contributed by atoms with Crippen LogP contribution < -0.4 is 15.8 Å². The molecule has 7 N–H and O–H groups in total. The van der Waals surface area contributed by atoms with Crippen LogP contribution in [0.25, 0.3) is 10.8 Å². The number of phenols is 2. The summed E-state index contributed by atoms with van der Waals surface area (Å²) >= 11 is 1.41. The van der Waals surface area contributed by atoms with Gasteiger partial charge >= 0.3 is 0 Å². The quantitative estimate of drug-likeness (QED) is 0.0161. The number of phenolic OH excluding ortho intramolecular Hbond substituents is 2. The molecule has 0 fully saturated rings. The van der Waals surface area contributed by atoms with E-state index >= 15 is 0 Å². The van der Waals surface area contributed by atoms with Crippen LogP contribution >= 0.6 is 24.1 Å². The zero-order valence-corrected chi connectivity index (χ0v) is 25.9. The molecule has 0 atom stereocenters. The van der Waals surface area contributed by atoms with Crippen molar-refractivity contribution >= 4 is 69.0 Å². The van der Waals surface area contributed by atoms with E-state index in [1.54, 1.807) is 85.8 Å². The molecule has 242 valence electrons. The highest BCUT2D eigenvalue weighted by Crippen LogP contribution is 2.45. The highest BCUT2D eigenvalue weighted by Gasteiger charge is 2.16. The van der Waals surface area contributed by atoms with Crippen LogP contribution in [0.2, 0.25) is 0 Å². The molecule has 0 amide bonds. The van der Waals surface area contributed by atoms with Crippen molar-refractivity contribution in [1.29, 1.82) is 0 Å². The number of nitrogens with zero attached hydrogens (tertiary/aromatic N) is 4. The monoisotopic (exact) mass is 678 g/mol. The second kappa shape index (κ2) is 16.0. The molecule has 15 nitrogen and oxygen atoms in total. The topological polar surface area (TPSA) is 215 Å². The lowest BCUT2D eigenvalue weighted by Crippen LogP contribution is -2.08. The number of anilines is 2. The van der Waals surface area contributed by atoms with Gasteiger partial charge in [-0.05, 0) is 96.7 Å². The Labute approximate surface area is 275 Å². The number of ether oxygens (including phenoxy) is 1. The first-order chi connectivity index (χ1) is 22.8. The number of azo groups is 2. The van der Waals surface area contributed by atoms with Gasteiger partial charge in [0, 0.05) is 27.7 Å². The van der Waals surface area contributed by atoms with Crippen molar-refractivity contribution in [3.05, 3.63) is 90.5 Å². The highest BCUT2D eigenvalue weighted by molar-refractivity contribution is 7.94. The van der Waals surface area contributed by atoms with Crippen molar-refractivity contribution in [3.63, 3.8) is 0 Å². The van der Waals surface area contributed by atoms with E-state index in [2.05, 4.69) is 44.5 Å². The van der Waals surface area contributed by atoms with Gasteiger partial charge < -0.3 is 26.0 Å². The number of fused-ring (bicyclic) bond motifs is 1. The second-order valence-corrected chi connectivity index (χ2v) is 11.0. The molecule has 0 aliphatic heterocycles. The van der Waals surface area contributed by atoms with Gasteiger partial charge in [-0.2, -0.15) is 10.2 Å². The molecule has 17 heteroatoms. The van der Waals surface area contributed by atoms with E-state index in [1.165, 1.54) is 6.07 Å². The first kappa shape index (κ1) is 33.4. The lowest BCUT2D eigenvalue weighted by Gasteiger charge is -2.12. The fourth-order valence-electron chi connectivity index (χ4n) is 4.14. The van der Waals surface area contributed by atoms with Crippen molar-refractivity contribution in [3.8, 4) is 17.2 Å². The SMILES string of the molecule is Cc1cc(N=Nc2c(SOOO)cc3cc(NCOc4ccc(N)cc4)ccc3c2O)c(O)cc1N=Nc1ccc(SOOO)cc1. The van der Waals surface area contributed by atoms with E-state index < -0.39 is 0 Å². The van der Waals surface area contributed by atoms with Crippen molar-refractivity contribution in [2.75, 3.05) is 17.8 Å². The number of nitrogens with one attached hydrogen (secondary N) is 1. The van der Waals surface area contributed by atoms with E-state index in [0.717, 1.165) is 12.0 Å². The Morgan fingerprint density at radius 1 is 0.766 bits per heavy atom. The standard InChI is InChI=1S/C30H26N6O9S2/c1-17-12-26(27(37)15-25(17)34-33-20-4-9-23(10-5-20)46-44-42-39)35-36-29-28(47-45-43-40)14-18-13-21(6-11-24(18)30(29)38)32-16-41-22-7-2-19(31)3-8-22/h2-15,32,37-40H,16,31H2,1H3. The normalized spacial score (nSPS) is 11.6. The first-order valence-corrected chi connectivity index (χ1v) is 14.9. The fraction of sp³-hybridized carbons (Fsp3) is 0.0667. The molecule has 0 bridgehead atoms. The Morgan fingerprint density at radius 2 is 1.49 bits per heavy atom. The van der Waals surface area contributed by atoms with E-state index in [4.69, 9.17) is 21.0 Å². The maximum atomic E-state index is 11.2. The van der Waals surface area contributed by atoms with Crippen LogP contribution in [0.1, 0.15) is 5.56 Å². The largest absolute Gasteiger partial charge is 0.506 e. The van der Waals surface area contributed by atoms with Gasteiger partial charge in [0.1, 0.15) is 22.9 Å². The number of hydrogen-bond acceptors (Lipinski definition) is 17. The third kappa shape index (κ3) is 8.85. The predicted octanol–water partition coefficient (Wildman–Crippen LogP) is 9.28. The van der Waals surface area contributed by atoms with Gasteiger partial charge in [-0.3, -0.25) is 0 Å². The van der Waals surface area contributed by atoms with Gasteiger partial charge in [0.2, 0.25) is 0 Å². The summed E-state index contributed by atoms with van der Waals surface area (Å²) in [6.45, 7) is 1.93. The zero-order chi connectivity index (χ0) is 33.2. The van der Waals surface area contributed by atoms with Gasteiger partial charge in [-0.15, -0.1) is 18.9 Å². The van der Waals surface area contributed by atoms with E-state index in [1.807, 2.05) is 0 Å². The lowest BCUT2D eigenvalue weighted by molar-refractivity contribution is -0.432. The number of aryl methyl sites for hydroxylation is 1. The molecule has 47 heavy (non-hydrogen) atoms. The Bertz CT molecular complexity index is 1900.